The van der Waals surface area contributed by atoms with Crippen LogP contribution in [0.5, 0.6) is 0 Å². The normalized spacial score (nSPS) is 27.9. The van der Waals surface area contributed by atoms with E-state index in [4.69, 9.17) is 11.6 Å². The molecule has 2 nitrogen and oxygen atoms in total. The maximum atomic E-state index is 10.5. The Balaban J connectivity index is 2.31. The Morgan fingerprint density at radius 3 is 2.67 bits per heavy atom. The van der Waals surface area contributed by atoms with Crippen LogP contribution >= 0.6 is 11.6 Å². The van der Waals surface area contributed by atoms with E-state index in [-0.39, 0.29) is 11.3 Å². The number of nitrogens with one attached hydrogen (secondary N) is 1. The maximum absolute atomic E-state index is 10.5. The molecule has 0 aromatic carbocycles. The molecule has 0 unspecified atom stereocenters. The van der Waals surface area contributed by atoms with Gasteiger partial charge < -0.3 is 5.32 Å². The fraction of sp³-hybridized carbons (Fsp3) is 0.833. The zero-order chi connectivity index (χ0) is 6.69. The summed E-state index contributed by atoms with van der Waals surface area (Å²) in [5.41, 5.74) is 0. The molecule has 52 valence electrons. The molecule has 1 aliphatic heterocycles. The van der Waals surface area contributed by atoms with Gasteiger partial charge in [-0.1, -0.05) is 6.42 Å². The van der Waals surface area contributed by atoms with Crippen LogP contribution in [0.1, 0.15) is 19.3 Å². The minimum atomic E-state index is -0.241. The van der Waals surface area contributed by atoms with Gasteiger partial charge in [-0.25, -0.2) is 0 Å². The monoisotopic (exact) mass is 147 g/mol. The quantitative estimate of drug-likeness (QED) is 0.559. The van der Waals surface area contributed by atoms with Gasteiger partial charge in [0.25, 0.3) is 0 Å². The Hall–Kier alpha value is -0.0800. The van der Waals surface area contributed by atoms with E-state index in [1.807, 2.05) is 0 Å². The SMILES string of the molecule is O=C(Cl)[C@@H]1CCCCN1. The molecule has 1 rings (SSSR count). The van der Waals surface area contributed by atoms with Crippen LogP contribution in [0, 0.1) is 0 Å². The summed E-state index contributed by atoms with van der Waals surface area (Å²) in [7, 11) is 0. The molecular formula is C6H10ClNO. The molecule has 0 radical (unpaired) electrons. The first-order chi connectivity index (χ1) is 4.30. The average molecular weight is 148 g/mol. The second-order valence-corrected chi connectivity index (χ2v) is 2.68. The molecule has 0 aliphatic carbocycles. The molecule has 9 heavy (non-hydrogen) atoms. The third-order valence-electron chi connectivity index (χ3n) is 1.58. The largest absolute Gasteiger partial charge is 0.306 e. The van der Waals surface area contributed by atoms with Crippen LogP contribution in [0.4, 0.5) is 0 Å². The fourth-order valence-electron chi connectivity index (χ4n) is 1.05. The average Bonchev–Trinajstić information content (AvgIpc) is 1.90. The first-order valence-corrected chi connectivity index (χ1v) is 3.61. The Labute approximate surface area is 59.6 Å². The van der Waals surface area contributed by atoms with Crippen molar-refractivity contribution in [3.8, 4) is 0 Å². The van der Waals surface area contributed by atoms with Gasteiger partial charge in [0.05, 0.1) is 6.04 Å². The fourth-order valence-corrected chi connectivity index (χ4v) is 1.23. The Morgan fingerprint density at radius 2 is 2.33 bits per heavy atom. The van der Waals surface area contributed by atoms with Crippen LogP contribution in [0.3, 0.4) is 0 Å². The van der Waals surface area contributed by atoms with Crippen molar-refractivity contribution in [1.82, 2.24) is 5.32 Å². The van der Waals surface area contributed by atoms with Crippen molar-refractivity contribution in [2.75, 3.05) is 6.54 Å². The van der Waals surface area contributed by atoms with E-state index in [0.29, 0.717) is 0 Å². The summed E-state index contributed by atoms with van der Waals surface area (Å²) in [6.45, 7) is 0.934. The summed E-state index contributed by atoms with van der Waals surface area (Å²) < 4.78 is 0. The highest BCUT2D eigenvalue weighted by Gasteiger charge is 2.17. The summed E-state index contributed by atoms with van der Waals surface area (Å²) in [6, 6.07) is -0.0691. The van der Waals surface area contributed by atoms with E-state index in [0.717, 1.165) is 19.4 Å². The van der Waals surface area contributed by atoms with Gasteiger partial charge in [0.2, 0.25) is 5.24 Å². The van der Waals surface area contributed by atoms with Crippen molar-refractivity contribution in [2.45, 2.75) is 25.3 Å². The first kappa shape index (κ1) is 7.03. The molecule has 1 aliphatic rings. The molecule has 0 saturated carbocycles. The number of piperidine rings is 1. The maximum Gasteiger partial charge on any atom is 0.238 e. The van der Waals surface area contributed by atoms with Gasteiger partial charge in [0, 0.05) is 0 Å². The number of hydrogen-bond donors (Lipinski definition) is 1. The minimum Gasteiger partial charge on any atom is -0.306 e. The molecule has 3 heteroatoms. The summed E-state index contributed by atoms with van der Waals surface area (Å²) in [5.74, 6) is 0. The lowest BCUT2D eigenvalue weighted by Crippen LogP contribution is -2.38. The number of carbonyl (C=O) groups excluding carboxylic acids is 1. The molecule has 1 heterocycles. The molecule has 1 saturated heterocycles. The highest BCUT2D eigenvalue weighted by atomic mass is 35.5. The van der Waals surface area contributed by atoms with E-state index in [9.17, 15) is 4.79 Å². The van der Waals surface area contributed by atoms with E-state index in [1.54, 1.807) is 0 Å². The molecule has 0 aromatic rings. The molecule has 1 N–H and O–H groups in total. The van der Waals surface area contributed by atoms with Gasteiger partial charge in [-0.2, -0.15) is 0 Å². The Bertz CT molecular complexity index is 110. The lowest BCUT2D eigenvalue weighted by molar-refractivity contribution is -0.113. The van der Waals surface area contributed by atoms with Gasteiger partial charge in [-0.15, -0.1) is 0 Å². The third-order valence-corrected chi connectivity index (χ3v) is 1.85. The zero-order valence-electron chi connectivity index (χ0n) is 5.19. The standard InChI is InChI=1S/C6H10ClNO/c7-6(9)5-3-1-2-4-8-5/h5,8H,1-4H2/t5-/m0/s1. The predicted molar refractivity (Wildman–Crippen MR) is 36.5 cm³/mol. The van der Waals surface area contributed by atoms with E-state index >= 15 is 0 Å². The van der Waals surface area contributed by atoms with Crippen LogP contribution < -0.4 is 5.32 Å². The lowest BCUT2D eigenvalue weighted by Gasteiger charge is -2.18. The summed E-state index contributed by atoms with van der Waals surface area (Å²) in [6.07, 6.45) is 3.19. The first-order valence-electron chi connectivity index (χ1n) is 3.23. The second kappa shape index (κ2) is 3.18. The molecule has 0 spiro atoms. The number of rotatable bonds is 1. The molecule has 1 atom stereocenters. The minimum absolute atomic E-state index is 0.0691. The summed E-state index contributed by atoms with van der Waals surface area (Å²) >= 11 is 5.26. The smallest absolute Gasteiger partial charge is 0.238 e. The van der Waals surface area contributed by atoms with Crippen LogP contribution in [-0.2, 0) is 4.79 Å². The lowest BCUT2D eigenvalue weighted by atomic mass is 10.1. The zero-order valence-corrected chi connectivity index (χ0v) is 5.95. The highest BCUT2D eigenvalue weighted by molar-refractivity contribution is 6.64. The van der Waals surface area contributed by atoms with Crippen molar-refractivity contribution in [2.24, 2.45) is 0 Å². The highest BCUT2D eigenvalue weighted by Crippen LogP contribution is 2.08. The second-order valence-electron chi connectivity index (χ2n) is 2.31. The molecule has 1 fully saturated rings. The number of carbonyl (C=O) groups is 1. The van der Waals surface area contributed by atoms with Crippen LogP contribution in [-0.4, -0.2) is 17.8 Å². The van der Waals surface area contributed by atoms with Crippen molar-refractivity contribution in [3.63, 3.8) is 0 Å². The van der Waals surface area contributed by atoms with Gasteiger partial charge >= 0.3 is 0 Å². The van der Waals surface area contributed by atoms with Crippen molar-refractivity contribution in [3.05, 3.63) is 0 Å². The summed E-state index contributed by atoms with van der Waals surface area (Å²) in [5, 5.41) is 2.80. The van der Waals surface area contributed by atoms with Gasteiger partial charge in [-0.3, -0.25) is 4.79 Å². The summed E-state index contributed by atoms with van der Waals surface area (Å²) in [4.78, 5) is 10.5. The van der Waals surface area contributed by atoms with Gasteiger partial charge in [0.1, 0.15) is 0 Å². The Morgan fingerprint density at radius 1 is 1.56 bits per heavy atom. The van der Waals surface area contributed by atoms with E-state index < -0.39 is 0 Å². The van der Waals surface area contributed by atoms with Crippen LogP contribution in [0.2, 0.25) is 0 Å². The van der Waals surface area contributed by atoms with E-state index in [1.165, 1.54) is 6.42 Å². The number of hydrogen-bond acceptors (Lipinski definition) is 2. The third kappa shape index (κ3) is 1.95. The molecular weight excluding hydrogens is 138 g/mol. The van der Waals surface area contributed by atoms with Crippen LogP contribution in [0.25, 0.3) is 0 Å². The van der Waals surface area contributed by atoms with Crippen molar-refractivity contribution < 1.29 is 4.79 Å². The van der Waals surface area contributed by atoms with Crippen LogP contribution in [0.15, 0.2) is 0 Å². The van der Waals surface area contributed by atoms with Gasteiger partial charge in [-0.05, 0) is 31.0 Å². The van der Waals surface area contributed by atoms with Crippen molar-refractivity contribution >= 4 is 16.8 Å². The Kier molecular flexibility index (Phi) is 2.49. The predicted octanol–water partition coefficient (Wildman–Crippen LogP) is 0.894. The topological polar surface area (TPSA) is 29.1 Å². The molecule has 0 aromatic heterocycles. The number of halogens is 1. The van der Waals surface area contributed by atoms with E-state index in [2.05, 4.69) is 5.32 Å². The van der Waals surface area contributed by atoms with Crippen molar-refractivity contribution in [1.29, 1.82) is 0 Å². The van der Waals surface area contributed by atoms with Gasteiger partial charge in [0.15, 0.2) is 0 Å². The molecule has 0 bridgehead atoms. The molecule has 0 amide bonds.